The summed E-state index contributed by atoms with van der Waals surface area (Å²) in [6.07, 6.45) is 3.78. The Morgan fingerprint density at radius 1 is 1.31 bits per heavy atom. The zero-order valence-corrected chi connectivity index (χ0v) is 10.8. The number of halogens is 1. The molecule has 0 unspecified atom stereocenters. The van der Waals surface area contributed by atoms with Crippen molar-refractivity contribution in [3.05, 3.63) is 28.7 Å². The molecule has 1 aromatic rings. The molecule has 0 amide bonds. The van der Waals surface area contributed by atoms with E-state index in [9.17, 15) is 4.79 Å². The van der Waals surface area contributed by atoms with Gasteiger partial charge in [0.2, 0.25) is 0 Å². The molecule has 0 saturated heterocycles. The molecule has 3 heteroatoms. The van der Waals surface area contributed by atoms with Gasteiger partial charge in [0.15, 0.2) is 0 Å². The fourth-order valence-electron chi connectivity index (χ4n) is 2.12. The molecule has 2 nitrogen and oxygen atoms in total. The molecule has 1 aromatic carbocycles. The zero-order valence-electron chi connectivity index (χ0n) is 9.21. The quantitative estimate of drug-likeness (QED) is 0.917. The first-order valence-electron chi connectivity index (χ1n) is 5.75. The Kier molecular flexibility index (Phi) is 3.99. The van der Waals surface area contributed by atoms with Gasteiger partial charge in [-0.2, -0.15) is 0 Å². The lowest BCUT2D eigenvalue weighted by atomic mass is 9.88. The largest absolute Gasteiger partial charge is 0.385 e. The molecule has 86 valence electrons. The highest BCUT2D eigenvalue weighted by atomic mass is 79.9. The summed E-state index contributed by atoms with van der Waals surface area (Å²) in [4.78, 5) is 11.3. The topological polar surface area (TPSA) is 29.1 Å². The first-order valence-corrected chi connectivity index (χ1v) is 6.54. The summed E-state index contributed by atoms with van der Waals surface area (Å²) in [5.41, 5.74) is 1.13. The lowest BCUT2D eigenvalue weighted by molar-refractivity contribution is -0.121. The van der Waals surface area contributed by atoms with Gasteiger partial charge in [-0.25, -0.2) is 0 Å². The third-order valence-electron chi connectivity index (χ3n) is 3.02. The number of rotatable bonds is 3. The molecule has 1 saturated carbocycles. The highest BCUT2D eigenvalue weighted by molar-refractivity contribution is 9.10. The normalized spacial score (nSPS) is 20.8. The summed E-state index contributed by atoms with van der Waals surface area (Å²) in [6, 6.07) is 8.15. The lowest BCUT2D eigenvalue weighted by Gasteiger charge is -2.21. The van der Waals surface area contributed by atoms with Crippen molar-refractivity contribution in [3.63, 3.8) is 0 Å². The van der Waals surface area contributed by atoms with Gasteiger partial charge in [-0.05, 0) is 43.0 Å². The van der Waals surface area contributed by atoms with Crippen molar-refractivity contribution in [2.75, 3.05) is 11.9 Å². The second kappa shape index (κ2) is 5.48. The van der Waals surface area contributed by atoms with Crippen LogP contribution in [-0.4, -0.2) is 12.3 Å². The fourth-order valence-corrected chi connectivity index (χ4v) is 2.38. The number of ketones is 1. The maximum Gasteiger partial charge on any atom is 0.133 e. The van der Waals surface area contributed by atoms with Crippen molar-refractivity contribution in [2.24, 2.45) is 5.92 Å². The van der Waals surface area contributed by atoms with E-state index in [1.54, 1.807) is 0 Å². The van der Waals surface area contributed by atoms with Crippen molar-refractivity contribution >= 4 is 27.4 Å². The van der Waals surface area contributed by atoms with Crippen LogP contribution >= 0.6 is 15.9 Å². The van der Waals surface area contributed by atoms with Crippen LogP contribution in [0.2, 0.25) is 0 Å². The average molecular weight is 282 g/mol. The number of hydrogen-bond donors (Lipinski definition) is 1. The molecular weight excluding hydrogens is 266 g/mol. The van der Waals surface area contributed by atoms with Crippen LogP contribution < -0.4 is 5.32 Å². The Bertz CT molecular complexity index is 361. The highest BCUT2D eigenvalue weighted by Gasteiger charge is 2.18. The molecule has 0 aliphatic heterocycles. The van der Waals surface area contributed by atoms with E-state index >= 15 is 0 Å². The number of benzene rings is 1. The summed E-state index contributed by atoms with van der Waals surface area (Å²) >= 11 is 3.41. The minimum atomic E-state index is 0.425. The van der Waals surface area contributed by atoms with E-state index in [0.717, 1.165) is 36.0 Å². The van der Waals surface area contributed by atoms with E-state index in [1.807, 2.05) is 12.1 Å². The van der Waals surface area contributed by atoms with Crippen LogP contribution in [0, 0.1) is 5.92 Å². The Labute approximate surface area is 105 Å². The van der Waals surface area contributed by atoms with Gasteiger partial charge in [0.1, 0.15) is 5.78 Å². The number of carbonyl (C=O) groups excluding carboxylic acids is 1. The van der Waals surface area contributed by atoms with Crippen LogP contribution in [0.1, 0.15) is 25.7 Å². The highest BCUT2D eigenvalue weighted by Crippen LogP contribution is 2.22. The maximum atomic E-state index is 11.3. The van der Waals surface area contributed by atoms with E-state index in [1.165, 1.54) is 6.42 Å². The van der Waals surface area contributed by atoms with Crippen molar-refractivity contribution in [3.8, 4) is 0 Å². The molecular formula is C13H16BrNO. The number of hydrogen-bond acceptors (Lipinski definition) is 2. The summed E-state index contributed by atoms with van der Waals surface area (Å²) in [5.74, 6) is 0.943. The molecule has 0 spiro atoms. The van der Waals surface area contributed by atoms with E-state index in [-0.39, 0.29) is 0 Å². The van der Waals surface area contributed by atoms with E-state index in [4.69, 9.17) is 0 Å². The molecule has 0 heterocycles. The van der Waals surface area contributed by atoms with Gasteiger partial charge in [-0.3, -0.25) is 4.79 Å². The van der Waals surface area contributed by atoms with Gasteiger partial charge in [-0.1, -0.05) is 15.9 Å². The summed E-state index contributed by atoms with van der Waals surface area (Å²) < 4.78 is 1.09. The first-order chi connectivity index (χ1) is 7.74. The maximum absolute atomic E-state index is 11.3. The predicted molar refractivity (Wildman–Crippen MR) is 69.6 cm³/mol. The fraction of sp³-hybridized carbons (Fsp3) is 0.462. The molecule has 1 N–H and O–H groups in total. The zero-order chi connectivity index (χ0) is 11.4. The van der Waals surface area contributed by atoms with Crippen molar-refractivity contribution in [1.29, 1.82) is 0 Å². The Morgan fingerprint density at radius 3 is 2.75 bits per heavy atom. The Hall–Kier alpha value is -0.830. The van der Waals surface area contributed by atoms with E-state index in [0.29, 0.717) is 11.7 Å². The minimum absolute atomic E-state index is 0.425. The number of anilines is 1. The lowest BCUT2D eigenvalue weighted by Crippen LogP contribution is -2.22. The van der Waals surface area contributed by atoms with Gasteiger partial charge >= 0.3 is 0 Å². The van der Waals surface area contributed by atoms with Crippen LogP contribution in [0.25, 0.3) is 0 Å². The van der Waals surface area contributed by atoms with Gasteiger partial charge < -0.3 is 5.32 Å². The molecule has 1 aliphatic carbocycles. The second-order valence-corrected chi connectivity index (χ2v) is 5.30. The van der Waals surface area contributed by atoms with E-state index < -0.39 is 0 Å². The van der Waals surface area contributed by atoms with Gasteiger partial charge in [0.05, 0.1) is 0 Å². The summed E-state index contributed by atoms with van der Waals surface area (Å²) in [6.45, 7) is 0.910. The number of Topliss-reactive ketones (excluding diaryl/α,β-unsaturated/α-hetero) is 1. The van der Waals surface area contributed by atoms with Crippen molar-refractivity contribution < 1.29 is 4.79 Å². The summed E-state index contributed by atoms with van der Waals surface area (Å²) in [5, 5.41) is 3.39. The molecule has 0 radical (unpaired) electrons. The van der Waals surface area contributed by atoms with Gasteiger partial charge in [0, 0.05) is 29.5 Å². The molecule has 16 heavy (non-hydrogen) atoms. The molecule has 1 aliphatic rings. The molecule has 2 rings (SSSR count). The third-order valence-corrected chi connectivity index (χ3v) is 3.55. The van der Waals surface area contributed by atoms with Crippen LogP contribution in [0.15, 0.2) is 28.7 Å². The molecule has 0 aromatic heterocycles. The smallest absolute Gasteiger partial charge is 0.133 e. The van der Waals surface area contributed by atoms with E-state index in [2.05, 4.69) is 33.4 Å². The first kappa shape index (κ1) is 11.6. The summed E-state index contributed by atoms with van der Waals surface area (Å²) in [7, 11) is 0. The monoisotopic (exact) mass is 281 g/mol. The molecule has 0 bridgehead atoms. The third kappa shape index (κ3) is 3.34. The average Bonchev–Trinajstić information content (AvgIpc) is 2.28. The van der Waals surface area contributed by atoms with Crippen LogP contribution in [0.3, 0.4) is 0 Å². The molecule has 1 fully saturated rings. The minimum Gasteiger partial charge on any atom is -0.385 e. The van der Waals surface area contributed by atoms with Gasteiger partial charge in [0.25, 0.3) is 0 Å². The van der Waals surface area contributed by atoms with Crippen molar-refractivity contribution in [1.82, 2.24) is 0 Å². The predicted octanol–water partition coefficient (Wildman–Crippen LogP) is 3.62. The van der Waals surface area contributed by atoms with Crippen LogP contribution in [0.5, 0.6) is 0 Å². The Balaban J connectivity index is 1.82. The number of carbonyl (C=O) groups is 1. The van der Waals surface area contributed by atoms with Crippen LogP contribution in [0.4, 0.5) is 5.69 Å². The van der Waals surface area contributed by atoms with Gasteiger partial charge in [-0.15, -0.1) is 0 Å². The number of nitrogens with one attached hydrogen (secondary N) is 1. The second-order valence-electron chi connectivity index (χ2n) is 4.39. The molecule has 1 atom stereocenters. The standard InChI is InChI=1S/C13H16BrNO/c14-11-4-6-12(7-5-11)15-9-10-2-1-3-13(16)8-10/h4-7,10,15H,1-3,8-9H2/t10-/m1/s1. The SMILES string of the molecule is O=C1CCC[C@@H](CNc2ccc(Br)cc2)C1. The van der Waals surface area contributed by atoms with Crippen LogP contribution in [-0.2, 0) is 4.79 Å². The van der Waals surface area contributed by atoms with Crippen molar-refractivity contribution in [2.45, 2.75) is 25.7 Å². The Morgan fingerprint density at radius 2 is 2.06 bits per heavy atom.